The maximum absolute atomic E-state index is 10.6. The molecule has 0 atom stereocenters. The van der Waals surface area contributed by atoms with Crippen LogP contribution in [0.2, 0.25) is 0 Å². The molecule has 3 nitrogen and oxygen atoms in total. The van der Waals surface area contributed by atoms with Crippen molar-refractivity contribution in [2.45, 2.75) is 6.92 Å². The molecule has 0 bridgehead atoms. The predicted octanol–water partition coefficient (Wildman–Crippen LogP) is 2.13. The summed E-state index contributed by atoms with van der Waals surface area (Å²) in [4.78, 5) is 16.5. The van der Waals surface area contributed by atoms with Gasteiger partial charge in [-0.1, -0.05) is 18.2 Å². The molecule has 1 radical (unpaired) electrons. The molecule has 1 heterocycles. The summed E-state index contributed by atoms with van der Waals surface area (Å²) in [5, 5.41) is 1.07. The van der Waals surface area contributed by atoms with Crippen molar-refractivity contribution in [3.8, 4) is 0 Å². The first-order valence-corrected chi connectivity index (χ1v) is 4.86. The van der Waals surface area contributed by atoms with Crippen LogP contribution in [0.1, 0.15) is 6.92 Å². The fraction of sp³-hybridized carbons (Fsp3) is 0.167. The van der Waals surface area contributed by atoms with E-state index in [1.807, 2.05) is 49.7 Å². The van der Waals surface area contributed by atoms with Gasteiger partial charge in [0.15, 0.2) is 0 Å². The molecule has 0 unspecified atom stereocenters. The number of nitrogens with zero attached hydrogens (tertiary/aromatic N) is 2. The molecule has 0 saturated heterocycles. The first-order chi connectivity index (χ1) is 7.35. The predicted molar refractivity (Wildman–Crippen MR) is 60.5 cm³/mol. The van der Waals surface area contributed by atoms with E-state index in [1.54, 1.807) is 0 Å². The van der Waals surface area contributed by atoms with Gasteiger partial charge in [-0.25, -0.2) is 4.98 Å². The standard InChI is InChI=1S/C12H11N2O/c1-2-14(9-15)12-8-7-10-5-3-4-6-11(10)13-12/h3-8H,2H2,1H3. The molecule has 0 spiro atoms. The van der Waals surface area contributed by atoms with Gasteiger partial charge >= 0.3 is 6.41 Å². The molecule has 3 heteroatoms. The lowest BCUT2D eigenvalue weighted by molar-refractivity contribution is 0.551. The third-order valence-corrected chi connectivity index (χ3v) is 2.29. The Bertz CT molecular complexity index is 482. The topological polar surface area (TPSA) is 33.2 Å². The summed E-state index contributed by atoms with van der Waals surface area (Å²) in [6, 6.07) is 11.6. The van der Waals surface area contributed by atoms with Gasteiger partial charge in [0.25, 0.3) is 0 Å². The number of fused-ring (bicyclic) bond motifs is 1. The lowest BCUT2D eigenvalue weighted by Gasteiger charge is -2.12. The van der Waals surface area contributed by atoms with Gasteiger partial charge < -0.3 is 0 Å². The van der Waals surface area contributed by atoms with Crippen LogP contribution in [-0.4, -0.2) is 17.9 Å². The van der Waals surface area contributed by atoms with E-state index in [1.165, 1.54) is 4.90 Å². The zero-order chi connectivity index (χ0) is 10.7. The van der Waals surface area contributed by atoms with Crippen LogP contribution < -0.4 is 4.90 Å². The Kier molecular flexibility index (Phi) is 2.63. The number of anilines is 1. The summed E-state index contributed by atoms with van der Waals surface area (Å²) in [6.45, 7) is 2.47. The van der Waals surface area contributed by atoms with Gasteiger partial charge in [0, 0.05) is 11.9 Å². The maximum atomic E-state index is 10.6. The van der Waals surface area contributed by atoms with Crippen LogP contribution in [0.15, 0.2) is 36.4 Å². The van der Waals surface area contributed by atoms with Crippen molar-refractivity contribution in [1.82, 2.24) is 4.98 Å². The molecule has 75 valence electrons. The molecular formula is C12H11N2O. The number of pyridine rings is 1. The van der Waals surface area contributed by atoms with Crippen LogP contribution in [0, 0.1) is 0 Å². The third kappa shape index (κ3) is 1.81. The largest absolute Gasteiger partial charge is 0.318 e. The number of para-hydroxylation sites is 1. The lowest BCUT2D eigenvalue weighted by Crippen LogP contribution is -2.20. The van der Waals surface area contributed by atoms with E-state index in [2.05, 4.69) is 4.98 Å². The Morgan fingerprint density at radius 2 is 2.07 bits per heavy atom. The molecule has 1 amide bonds. The molecule has 0 aliphatic carbocycles. The van der Waals surface area contributed by atoms with E-state index in [0.717, 1.165) is 10.9 Å². The number of carbonyl (C=O) groups excluding carboxylic acids is 1. The number of amides is 1. The number of rotatable bonds is 3. The number of aromatic nitrogens is 1. The maximum Gasteiger partial charge on any atom is 0.318 e. The average molecular weight is 199 g/mol. The Balaban J connectivity index is 2.50. The summed E-state index contributed by atoms with van der Waals surface area (Å²) >= 11 is 0. The molecule has 0 fully saturated rings. The van der Waals surface area contributed by atoms with Crippen molar-refractivity contribution in [3.05, 3.63) is 36.4 Å². The molecule has 15 heavy (non-hydrogen) atoms. The first-order valence-electron chi connectivity index (χ1n) is 4.86. The van der Waals surface area contributed by atoms with E-state index >= 15 is 0 Å². The molecule has 1 aromatic carbocycles. The van der Waals surface area contributed by atoms with Crippen LogP contribution in [0.4, 0.5) is 5.82 Å². The van der Waals surface area contributed by atoms with E-state index in [4.69, 9.17) is 0 Å². The molecule has 0 aliphatic rings. The number of hydrogen-bond acceptors (Lipinski definition) is 2. The van der Waals surface area contributed by atoms with Crippen molar-refractivity contribution in [2.75, 3.05) is 11.4 Å². The molecule has 2 rings (SSSR count). The normalized spacial score (nSPS) is 10.2. The van der Waals surface area contributed by atoms with Crippen molar-refractivity contribution >= 4 is 23.1 Å². The molecule has 1 aromatic heterocycles. The van der Waals surface area contributed by atoms with Gasteiger partial charge in [-0.05, 0) is 25.1 Å². The second-order valence-electron chi connectivity index (χ2n) is 3.20. The van der Waals surface area contributed by atoms with Crippen LogP contribution in [-0.2, 0) is 4.79 Å². The number of hydrogen-bond donors (Lipinski definition) is 0. The van der Waals surface area contributed by atoms with E-state index < -0.39 is 0 Å². The first kappa shape index (κ1) is 9.65. The summed E-state index contributed by atoms with van der Waals surface area (Å²) in [5.41, 5.74) is 0.892. The highest BCUT2D eigenvalue weighted by Gasteiger charge is 2.05. The van der Waals surface area contributed by atoms with E-state index in [0.29, 0.717) is 12.4 Å². The minimum absolute atomic E-state index is 0.578. The molecular weight excluding hydrogens is 188 g/mol. The highest BCUT2D eigenvalue weighted by atomic mass is 16.1. The molecule has 0 saturated carbocycles. The minimum Gasteiger partial charge on any atom is -0.289 e. The van der Waals surface area contributed by atoms with Gasteiger partial charge in [0.1, 0.15) is 5.82 Å². The Hall–Kier alpha value is -1.90. The zero-order valence-electron chi connectivity index (χ0n) is 8.47. The smallest absolute Gasteiger partial charge is 0.289 e. The Morgan fingerprint density at radius 1 is 1.27 bits per heavy atom. The fourth-order valence-corrected chi connectivity index (χ4v) is 1.48. The monoisotopic (exact) mass is 199 g/mol. The van der Waals surface area contributed by atoms with Crippen molar-refractivity contribution in [3.63, 3.8) is 0 Å². The molecule has 0 N–H and O–H groups in total. The van der Waals surface area contributed by atoms with Crippen molar-refractivity contribution < 1.29 is 4.79 Å². The SMILES string of the molecule is CCN([C]=O)c1ccc2ccccc2n1. The number of benzene rings is 1. The molecule has 0 aliphatic heterocycles. The zero-order valence-corrected chi connectivity index (χ0v) is 8.47. The van der Waals surface area contributed by atoms with E-state index in [9.17, 15) is 4.79 Å². The summed E-state index contributed by atoms with van der Waals surface area (Å²) in [5.74, 6) is 0.645. The second-order valence-corrected chi connectivity index (χ2v) is 3.20. The minimum atomic E-state index is 0.578. The van der Waals surface area contributed by atoms with Gasteiger partial charge in [0.2, 0.25) is 0 Å². The van der Waals surface area contributed by atoms with Gasteiger partial charge in [-0.15, -0.1) is 0 Å². The third-order valence-electron chi connectivity index (χ3n) is 2.29. The lowest BCUT2D eigenvalue weighted by atomic mass is 10.2. The Morgan fingerprint density at radius 3 is 2.80 bits per heavy atom. The van der Waals surface area contributed by atoms with Crippen molar-refractivity contribution in [2.24, 2.45) is 0 Å². The summed E-state index contributed by atoms with van der Waals surface area (Å²) in [6.07, 6.45) is 1.85. The van der Waals surface area contributed by atoms with Gasteiger partial charge in [-0.2, -0.15) is 0 Å². The second kappa shape index (κ2) is 4.09. The van der Waals surface area contributed by atoms with Crippen molar-refractivity contribution in [1.29, 1.82) is 0 Å². The Labute approximate surface area is 88.3 Å². The van der Waals surface area contributed by atoms with Crippen LogP contribution in [0.5, 0.6) is 0 Å². The van der Waals surface area contributed by atoms with Crippen LogP contribution in [0.25, 0.3) is 10.9 Å². The molecule has 2 aromatic rings. The van der Waals surface area contributed by atoms with Crippen LogP contribution in [0.3, 0.4) is 0 Å². The highest BCUT2D eigenvalue weighted by molar-refractivity contribution is 5.83. The summed E-state index contributed by atoms with van der Waals surface area (Å²) in [7, 11) is 0. The summed E-state index contributed by atoms with van der Waals surface area (Å²) < 4.78 is 0. The van der Waals surface area contributed by atoms with Crippen LogP contribution >= 0.6 is 0 Å². The highest BCUT2D eigenvalue weighted by Crippen LogP contribution is 2.16. The van der Waals surface area contributed by atoms with E-state index in [-0.39, 0.29) is 0 Å². The fourth-order valence-electron chi connectivity index (χ4n) is 1.48. The quantitative estimate of drug-likeness (QED) is 0.709. The average Bonchev–Trinajstić information content (AvgIpc) is 2.30. The van der Waals surface area contributed by atoms with Gasteiger partial charge in [-0.3, -0.25) is 9.69 Å². The van der Waals surface area contributed by atoms with Gasteiger partial charge in [0.05, 0.1) is 5.52 Å².